The van der Waals surface area contributed by atoms with Gasteiger partial charge in [-0.2, -0.15) is 0 Å². The molecule has 1 fully saturated rings. The molecule has 1 aromatic heterocycles. The minimum absolute atomic E-state index is 0.0167. The Kier molecular flexibility index (Phi) is 8.88. The summed E-state index contributed by atoms with van der Waals surface area (Å²) in [5.41, 5.74) is 3.12. The average Bonchev–Trinajstić information content (AvgIpc) is 3.28. The highest BCUT2D eigenvalue weighted by Crippen LogP contribution is 2.43. The lowest BCUT2D eigenvalue weighted by molar-refractivity contribution is -0.268. The van der Waals surface area contributed by atoms with Crippen LogP contribution in [0.4, 0.5) is 5.69 Å². The molecule has 1 aliphatic rings. The second-order valence-corrected chi connectivity index (χ2v) is 11.8. The van der Waals surface area contributed by atoms with Gasteiger partial charge in [0.1, 0.15) is 0 Å². The summed E-state index contributed by atoms with van der Waals surface area (Å²) in [4.78, 5) is 16.4. The third kappa shape index (κ3) is 6.55. The Morgan fingerprint density at radius 2 is 1.78 bits per heavy atom. The van der Waals surface area contributed by atoms with Gasteiger partial charge in [-0.1, -0.05) is 89.9 Å². The molecule has 1 amide bonds. The van der Waals surface area contributed by atoms with Gasteiger partial charge in [0.2, 0.25) is 0 Å². The molecule has 0 spiro atoms. The quantitative estimate of drug-likeness (QED) is 0.276. The largest absolute Gasteiger partial charge is 0.392 e. The molecular formula is C25H26Cl3N3O4S. The van der Waals surface area contributed by atoms with Crippen molar-refractivity contribution in [3.63, 3.8) is 0 Å². The zero-order valence-electron chi connectivity index (χ0n) is 19.6. The number of nitrogens with one attached hydrogen (secondary N) is 1. The van der Waals surface area contributed by atoms with Gasteiger partial charge in [0.15, 0.2) is 11.4 Å². The summed E-state index contributed by atoms with van der Waals surface area (Å²) < 4.78 is 12.8. The molecule has 4 rings (SSSR count). The summed E-state index contributed by atoms with van der Waals surface area (Å²) in [6, 6.07) is 14.8. The van der Waals surface area contributed by atoms with Crippen molar-refractivity contribution in [2.45, 2.75) is 41.0 Å². The monoisotopic (exact) mass is 569 g/mol. The summed E-state index contributed by atoms with van der Waals surface area (Å²) in [5, 5.41) is 12.9. The SMILES string of the molecule is C[C@H]1[C@@H](CSc2nccn2C)O[C@@H](c2ccc(NC(=O)C(Cl)(Cl)Cl)cc2)O[C@H]1c1ccc(CO)cc1. The molecule has 11 heteroatoms. The van der Waals surface area contributed by atoms with Gasteiger partial charge in [-0.15, -0.1) is 0 Å². The summed E-state index contributed by atoms with van der Waals surface area (Å²) in [6.45, 7) is 2.09. The molecule has 0 bridgehead atoms. The lowest BCUT2D eigenvalue weighted by Gasteiger charge is -2.41. The van der Waals surface area contributed by atoms with Gasteiger partial charge >= 0.3 is 0 Å². The first kappa shape index (κ1) is 27.3. The number of aryl methyl sites for hydroxylation is 1. The van der Waals surface area contributed by atoms with Crippen LogP contribution in [0.5, 0.6) is 0 Å². The van der Waals surface area contributed by atoms with Crippen LogP contribution in [-0.2, 0) is 27.9 Å². The van der Waals surface area contributed by atoms with Crippen molar-refractivity contribution in [2.75, 3.05) is 11.1 Å². The van der Waals surface area contributed by atoms with Crippen LogP contribution >= 0.6 is 46.6 Å². The number of halogens is 3. The van der Waals surface area contributed by atoms with E-state index in [4.69, 9.17) is 44.3 Å². The van der Waals surface area contributed by atoms with Crippen LogP contribution in [0.3, 0.4) is 0 Å². The van der Waals surface area contributed by atoms with E-state index < -0.39 is 16.0 Å². The number of carbonyl (C=O) groups excluding carboxylic acids is 1. The third-order valence-corrected chi connectivity index (χ3v) is 7.64. The predicted molar refractivity (Wildman–Crippen MR) is 142 cm³/mol. The van der Waals surface area contributed by atoms with Crippen molar-refractivity contribution < 1.29 is 19.4 Å². The lowest BCUT2D eigenvalue weighted by Crippen LogP contribution is -2.38. The summed E-state index contributed by atoms with van der Waals surface area (Å²) >= 11 is 18.6. The molecule has 1 saturated heterocycles. The van der Waals surface area contributed by atoms with Crippen molar-refractivity contribution in [1.29, 1.82) is 0 Å². The van der Waals surface area contributed by atoms with Crippen LogP contribution in [0.25, 0.3) is 0 Å². The minimum atomic E-state index is -2.05. The van der Waals surface area contributed by atoms with E-state index in [0.717, 1.165) is 21.8 Å². The zero-order chi connectivity index (χ0) is 25.9. The van der Waals surface area contributed by atoms with Crippen molar-refractivity contribution in [1.82, 2.24) is 9.55 Å². The molecule has 4 atom stereocenters. The molecule has 2 N–H and O–H groups in total. The second kappa shape index (κ2) is 11.7. The molecule has 1 aliphatic heterocycles. The van der Waals surface area contributed by atoms with Crippen LogP contribution in [0.2, 0.25) is 0 Å². The maximum Gasteiger partial charge on any atom is 0.276 e. The molecule has 192 valence electrons. The molecule has 0 saturated carbocycles. The lowest BCUT2D eigenvalue weighted by atomic mass is 9.91. The number of aliphatic hydroxyl groups is 1. The number of hydrogen-bond acceptors (Lipinski definition) is 6. The van der Waals surface area contributed by atoms with Crippen molar-refractivity contribution in [2.24, 2.45) is 13.0 Å². The van der Waals surface area contributed by atoms with Gasteiger partial charge in [0, 0.05) is 42.4 Å². The summed E-state index contributed by atoms with van der Waals surface area (Å²) in [6.07, 6.45) is 2.69. The smallest absolute Gasteiger partial charge is 0.276 e. The first-order valence-electron chi connectivity index (χ1n) is 11.2. The number of hydrogen-bond donors (Lipinski definition) is 2. The Labute approximate surface area is 229 Å². The van der Waals surface area contributed by atoms with Crippen LogP contribution in [-0.4, -0.2) is 36.2 Å². The molecular weight excluding hydrogens is 545 g/mol. The Hall–Kier alpha value is -1.78. The molecule has 0 aliphatic carbocycles. The Morgan fingerprint density at radius 3 is 2.36 bits per heavy atom. The number of nitrogens with zero attached hydrogens (tertiary/aromatic N) is 2. The highest BCUT2D eigenvalue weighted by atomic mass is 35.6. The molecule has 36 heavy (non-hydrogen) atoms. The topological polar surface area (TPSA) is 85.6 Å². The normalized spacial score (nSPS) is 22.4. The highest BCUT2D eigenvalue weighted by molar-refractivity contribution is 7.99. The second-order valence-electron chi connectivity index (χ2n) is 8.53. The number of thioether (sulfide) groups is 1. The van der Waals surface area contributed by atoms with Crippen LogP contribution in [0.15, 0.2) is 66.1 Å². The van der Waals surface area contributed by atoms with Crippen LogP contribution < -0.4 is 5.32 Å². The van der Waals surface area contributed by atoms with Crippen molar-refractivity contribution >= 4 is 58.2 Å². The Bertz CT molecular complexity index is 1170. The fourth-order valence-electron chi connectivity index (χ4n) is 3.88. The number of imidazole rings is 1. The number of rotatable bonds is 7. The molecule has 0 radical (unpaired) electrons. The van der Waals surface area contributed by atoms with E-state index in [9.17, 15) is 9.90 Å². The number of alkyl halides is 3. The Morgan fingerprint density at radius 1 is 1.11 bits per heavy atom. The fourth-order valence-corrected chi connectivity index (χ4v) is 5.12. The van der Waals surface area contributed by atoms with E-state index in [0.29, 0.717) is 11.4 Å². The third-order valence-electron chi connectivity index (χ3n) is 5.98. The molecule has 7 nitrogen and oxygen atoms in total. The van der Waals surface area contributed by atoms with Crippen molar-refractivity contribution in [3.8, 4) is 0 Å². The predicted octanol–water partition coefficient (Wildman–Crippen LogP) is 5.80. The Balaban J connectivity index is 1.55. The number of carbonyl (C=O) groups is 1. The van der Waals surface area contributed by atoms with Gasteiger partial charge < -0.3 is 24.5 Å². The minimum Gasteiger partial charge on any atom is -0.392 e. The van der Waals surface area contributed by atoms with E-state index in [-0.39, 0.29) is 24.7 Å². The van der Waals surface area contributed by atoms with Gasteiger partial charge in [-0.05, 0) is 23.3 Å². The van der Waals surface area contributed by atoms with Gasteiger partial charge in [0.25, 0.3) is 9.70 Å². The van der Waals surface area contributed by atoms with Gasteiger partial charge in [-0.3, -0.25) is 4.79 Å². The van der Waals surface area contributed by atoms with E-state index >= 15 is 0 Å². The van der Waals surface area contributed by atoms with E-state index in [1.165, 1.54) is 0 Å². The maximum atomic E-state index is 12.0. The molecule has 3 aromatic rings. The number of anilines is 1. The van der Waals surface area contributed by atoms with Gasteiger partial charge in [0.05, 0.1) is 18.8 Å². The number of amides is 1. The number of benzene rings is 2. The van der Waals surface area contributed by atoms with E-state index in [2.05, 4.69) is 17.2 Å². The first-order chi connectivity index (χ1) is 17.2. The zero-order valence-corrected chi connectivity index (χ0v) is 22.7. The summed E-state index contributed by atoms with van der Waals surface area (Å²) in [5.74, 6) is 0.00273. The van der Waals surface area contributed by atoms with E-state index in [1.807, 2.05) is 54.2 Å². The van der Waals surface area contributed by atoms with Crippen LogP contribution in [0.1, 0.15) is 36.0 Å². The standard InChI is InChI=1S/C25H26Cl3N3O4S/c1-15-20(14-36-24-29-11-12-31(24)2)34-22(35-21(15)17-5-3-16(13-32)4-6-17)18-7-9-19(10-8-18)30-23(33)25(26,27)28/h3-12,15,20-22,32H,13-14H2,1-2H3,(H,30,33)/t15-,20+,21+,22+/m0/s1. The number of aromatic nitrogens is 2. The molecule has 2 heterocycles. The number of ether oxygens (including phenoxy) is 2. The van der Waals surface area contributed by atoms with Crippen LogP contribution in [0, 0.1) is 5.92 Å². The molecule has 0 unspecified atom stereocenters. The number of aliphatic hydroxyl groups excluding tert-OH is 1. The van der Waals surface area contributed by atoms with Crippen molar-refractivity contribution in [3.05, 3.63) is 77.6 Å². The van der Waals surface area contributed by atoms with Gasteiger partial charge in [-0.25, -0.2) is 4.98 Å². The van der Waals surface area contributed by atoms with E-state index in [1.54, 1.807) is 30.1 Å². The highest BCUT2D eigenvalue weighted by Gasteiger charge is 2.38. The maximum absolute atomic E-state index is 12.0. The summed E-state index contributed by atoms with van der Waals surface area (Å²) in [7, 11) is 1.96. The fraction of sp³-hybridized carbons (Fsp3) is 0.360. The average molecular weight is 571 g/mol. The molecule has 2 aromatic carbocycles. The first-order valence-corrected chi connectivity index (χ1v) is 13.4.